The second-order valence-electron chi connectivity index (χ2n) is 6.28. The molecule has 124 valence electrons. The van der Waals surface area contributed by atoms with Gasteiger partial charge in [-0.25, -0.2) is 0 Å². The first kappa shape index (κ1) is 18.8. The highest BCUT2D eigenvalue weighted by molar-refractivity contribution is 5.57. The molecule has 0 atom stereocenters. The Labute approximate surface area is 137 Å². The van der Waals surface area contributed by atoms with Crippen LogP contribution in [0.3, 0.4) is 0 Å². The van der Waals surface area contributed by atoms with Gasteiger partial charge >= 0.3 is 0 Å². The molecule has 1 heteroatoms. The second kappa shape index (κ2) is 12.3. The fourth-order valence-electron chi connectivity index (χ4n) is 2.99. The molecule has 0 bridgehead atoms. The Bertz CT molecular complexity index is 420. The summed E-state index contributed by atoms with van der Waals surface area (Å²) in [6.07, 6.45) is 18.6. The molecule has 1 aromatic rings. The minimum atomic E-state index is 0.450. The summed E-state index contributed by atoms with van der Waals surface area (Å²) in [5, 5.41) is 10.0. The molecule has 1 aromatic carbocycles. The maximum Gasteiger partial charge on any atom is 0.119 e. The number of aromatic hydroxyl groups is 1. The number of hydrogen-bond acceptors (Lipinski definition) is 1. The van der Waals surface area contributed by atoms with Crippen molar-refractivity contribution >= 4 is 6.08 Å². The van der Waals surface area contributed by atoms with Gasteiger partial charge in [-0.05, 0) is 31.4 Å². The highest BCUT2D eigenvalue weighted by Crippen LogP contribution is 2.24. The molecule has 0 amide bonds. The van der Waals surface area contributed by atoms with Gasteiger partial charge in [-0.1, -0.05) is 89.0 Å². The first-order valence-corrected chi connectivity index (χ1v) is 9.23. The van der Waals surface area contributed by atoms with Gasteiger partial charge in [0.25, 0.3) is 0 Å². The molecule has 0 aliphatic carbocycles. The minimum absolute atomic E-state index is 0.450. The van der Waals surface area contributed by atoms with Crippen LogP contribution >= 0.6 is 0 Å². The van der Waals surface area contributed by atoms with Crippen LogP contribution in [0.2, 0.25) is 0 Å². The van der Waals surface area contributed by atoms with Crippen molar-refractivity contribution in [2.24, 2.45) is 0 Å². The van der Waals surface area contributed by atoms with Crippen LogP contribution in [0.4, 0.5) is 0 Å². The van der Waals surface area contributed by atoms with E-state index in [1.807, 2.05) is 19.1 Å². The normalized spacial score (nSPS) is 11.4. The Hall–Kier alpha value is -1.24. The summed E-state index contributed by atoms with van der Waals surface area (Å²) in [7, 11) is 0. The van der Waals surface area contributed by atoms with Crippen LogP contribution in [-0.2, 0) is 6.42 Å². The zero-order valence-electron chi connectivity index (χ0n) is 14.6. The summed E-state index contributed by atoms with van der Waals surface area (Å²) in [4.78, 5) is 0. The Morgan fingerprint density at radius 3 is 2.05 bits per heavy atom. The van der Waals surface area contributed by atoms with Crippen LogP contribution in [0.1, 0.15) is 89.2 Å². The zero-order valence-corrected chi connectivity index (χ0v) is 14.6. The Balaban J connectivity index is 2.15. The number of benzene rings is 1. The monoisotopic (exact) mass is 302 g/mol. The van der Waals surface area contributed by atoms with Crippen LogP contribution in [0.15, 0.2) is 24.3 Å². The van der Waals surface area contributed by atoms with E-state index in [0.29, 0.717) is 5.75 Å². The Morgan fingerprint density at radius 2 is 1.45 bits per heavy atom. The number of phenolic OH excluding ortho intramolecular Hbond substituents is 1. The number of hydrogen-bond donors (Lipinski definition) is 1. The smallest absolute Gasteiger partial charge is 0.119 e. The summed E-state index contributed by atoms with van der Waals surface area (Å²) in [6, 6.07) is 5.82. The third-order valence-corrected chi connectivity index (χ3v) is 4.31. The zero-order chi connectivity index (χ0) is 16.0. The fraction of sp³-hybridized carbons (Fsp3) is 0.619. The largest absolute Gasteiger partial charge is 0.508 e. The molecule has 0 saturated carbocycles. The fourth-order valence-corrected chi connectivity index (χ4v) is 2.99. The van der Waals surface area contributed by atoms with Gasteiger partial charge in [0.15, 0.2) is 0 Å². The highest BCUT2D eigenvalue weighted by Gasteiger charge is 2.05. The molecular weight excluding hydrogens is 268 g/mol. The molecule has 0 aromatic heterocycles. The van der Waals surface area contributed by atoms with Gasteiger partial charge in [0.1, 0.15) is 5.75 Å². The predicted octanol–water partition coefficient (Wildman–Crippen LogP) is 6.89. The molecular formula is C21H34O. The SMILES string of the molecule is C/C=C\c1cccc(O)c1CCCCCCCCCCCC. The molecule has 0 unspecified atom stereocenters. The van der Waals surface area contributed by atoms with Gasteiger partial charge in [-0.3, -0.25) is 0 Å². The lowest BCUT2D eigenvalue weighted by Gasteiger charge is -2.08. The van der Waals surface area contributed by atoms with E-state index in [0.717, 1.165) is 12.0 Å². The van der Waals surface area contributed by atoms with Crippen molar-refractivity contribution in [3.8, 4) is 5.75 Å². The van der Waals surface area contributed by atoms with E-state index in [1.165, 1.54) is 69.8 Å². The van der Waals surface area contributed by atoms with Crippen LogP contribution < -0.4 is 0 Å². The third-order valence-electron chi connectivity index (χ3n) is 4.31. The van der Waals surface area contributed by atoms with Crippen molar-refractivity contribution in [1.29, 1.82) is 0 Å². The van der Waals surface area contributed by atoms with Crippen molar-refractivity contribution in [1.82, 2.24) is 0 Å². The second-order valence-corrected chi connectivity index (χ2v) is 6.28. The van der Waals surface area contributed by atoms with Crippen molar-refractivity contribution in [3.63, 3.8) is 0 Å². The summed E-state index contributed by atoms with van der Waals surface area (Å²) < 4.78 is 0. The number of unbranched alkanes of at least 4 members (excludes halogenated alkanes) is 9. The topological polar surface area (TPSA) is 20.2 Å². The number of rotatable bonds is 12. The van der Waals surface area contributed by atoms with Crippen molar-refractivity contribution < 1.29 is 5.11 Å². The molecule has 1 rings (SSSR count). The lowest BCUT2D eigenvalue weighted by atomic mass is 9.99. The average molecular weight is 303 g/mol. The molecule has 0 radical (unpaired) electrons. The van der Waals surface area contributed by atoms with Crippen molar-refractivity contribution in [2.45, 2.75) is 84.5 Å². The van der Waals surface area contributed by atoms with Crippen LogP contribution in [0.25, 0.3) is 6.08 Å². The van der Waals surface area contributed by atoms with E-state index in [9.17, 15) is 5.11 Å². The molecule has 1 nitrogen and oxygen atoms in total. The lowest BCUT2D eigenvalue weighted by Crippen LogP contribution is -1.91. The molecule has 0 aliphatic heterocycles. The average Bonchev–Trinajstić information content (AvgIpc) is 2.51. The van der Waals surface area contributed by atoms with Gasteiger partial charge in [-0.2, -0.15) is 0 Å². The van der Waals surface area contributed by atoms with Crippen molar-refractivity contribution in [2.75, 3.05) is 0 Å². The van der Waals surface area contributed by atoms with Gasteiger partial charge in [0, 0.05) is 5.56 Å². The van der Waals surface area contributed by atoms with E-state index in [1.54, 1.807) is 6.07 Å². The molecule has 22 heavy (non-hydrogen) atoms. The summed E-state index contributed by atoms with van der Waals surface area (Å²) in [6.45, 7) is 4.29. The molecule has 0 heterocycles. The molecule has 0 fully saturated rings. The van der Waals surface area contributed by atoms with E-state index < -0.39 is 0 Å². The van der Waals surface area contributed by atoms with E-state index >= 15 is 0 Å². The van der Waals surface area contributed by atoms with Gasteiger partial charge in [0.05, 0.1) is 0 Å². The summed E-state index contributed by atoms with van der Waals surface area (Å²) >= 11 is 0. The quantitative estimate of drug-likeness (QED) is 0.417. The van der Waals surface area contributed by atoms with Crippen LogP contribution in [0.5, 0.6) is 5.75 Å². The highest BCUT2D eigenvalue weighted by atomic mass is 16.3. The standard InChI is InChI=1S/C21H34O/c1-3-5-6-7-8-9-10-11-12-13-17-20-19(15-4-2)16-14-18-21(20)22/h4,14-16,18,22H,3,5-13,17H2,1-2H3/b15-4-. The third kappa shape index (κ3) is 7.68. The van der Waals surface area contributed by atoms with Crippen molar-refractivity contribution in [3.05, 3.63) is 35.4 Å². The van der Waals surface area contributed by atoms with E-state index in [4.69, 9.17) is 0 Å². The summed E-state index contributed by atoms with van der Waals surface area (Å²) in [5.74, 6) is 0.450. The van der Waals surface area contributed by atoms with Crippen LogP contribution in [-0.4, -0.2) is 5.11 Å². The van der Waals surface area contributed by atoms with E-state index in [2.05, 4.69) is 19.1 Å². The number of phenols is 1. The van der Waals surface area contributed by atoms with Gasteiger partial charge in [-0.15, -0.1) is 0 Å². The first-order chi connectivity index (χ1) is 10.8. The Kier molecular flexibility index (Phi) is 10.5. The lowest BCUT2D eigenvalue weighted by molar-refractivity contribution is 0.465. The maximum atomic E-state index is 10.0. The number of allylic oxidation sites excluding steroid dienone is 1. The summed E-state index contributed by atoms with van der Waals surface area (Å²) in [5.41, 5.74) is 2.28. The maximum absolute atomic E-state index is 10.0. The van der Waals surface area contributed by atoms with Gasteiger partial charge < -0.3 is 5.11 Å². The van der Waals surface area contributed by atoms with E-state index in [-0.39, 0.29) is 0 Å². The molecule has 0 aliphatic rings. The molecule has 0 saturated heterocycles. The van der Waals surface area contributed by atoms with Gasteiger partial charge in [0.2, 0.25) is 0 Å². The molecule has 1 N–H and O–H groups in total. The predicted molar refractivity (Wildman–Crippen MR) is 98.4 cm³/mol. The Morgan fingerprint density at radius 1 is 0.864 bits per heavy atom. The minimum Gasteiger partial charge on any atom is -0.508 e. The molecule has 0 spiro atoms. The first-order valence-electron chi connectivity index (χ1n) is 9.23. The van der Waals surface area contributed by atoms with Crippen LogP contribution in [0, 0.1) is 0 Å².